The fourth-order valence-corrected chi connectivity index (χ4v) is 3.49. The summed E-state index contributed by atoms with van der Waals surface area (Å²) in [7, 11) is 2.18. The smallest absolute Gasteiger partial charge is 0.193 e. The molecule has 114 valence electrons. The van der Waals surface area contributed by atoms with Crippen molar-refractivity contribution < 1.29 is 0 Å². The first-order chi connectivity index (χ1) is 10.2. The van der Waals surface area contributed by atoms with Crippen LogP contribution in [0.5, 0.6) is 0 Å². The molecule has 0 aromatic heterocycles. The van der Waals surface area contributed by atoms with Crippen molar-refractivity contribution in [2.45, 2.75) is 32.1 Å². The van der Waals surface area contributed by atoms with Crippen LogP contribution in [0.4, 0.5) is 5.69 Å². The molecule has 1 aromatic carbocycles. The van der Waals surface area contributed by atoms with Gasteiger partial charge in [0.25, 0.3) is 0 Å². The van der Waals surface area contributed by atoms with Crippen LogP contribution in [-0.4, -0.2) is 37.5 Å². The second-order valence-corrected chi connectivity index (χ2v) is 6.46. The summed E-state index contributed by atoms with van der Waals surface area (Å²) in [5.74, 6) is 1.19. The van der Waals surface area contributed by atoms with Gasteiger partial charge in [-0.2, -0.15) is 0 Å². The SMILES string of the molecule is CN1CCCC(CN=C(N)Nc2ccc3c(c2)CCC3)C1. The third-order valence-corrected chi connectivity index (χ3v) is 4.61. The van der Waals surface area contributed by atoms with E-state index in [-0.39, 0.29) is 0 Å². The molecule has 1 aliphatic heterocycles. The minimum absolute atomic E-state index is 0.543. The van der Waals surface area contributed by atoms with E-state index in [4.69, 9.17) is 5.73 Å². The zero-order chi connectivity index (χ0) is 14.7. The first kappa shape index (κ1) is 14.4. The Morgan fingerprint density at radius 3 is 3.05 bits per heavy atom. The molecule has 1 unspecified atom stereocenters. The molecular weight excluding hydrogens is 260 g/mol. The summed E-state index contributed by atoms with van der Waals surface area (Å²) in [5, 5.41) is 3.24. The Kier molecular flexibility index (Phi) is 4.44. The Balaban J connectivity index is 1.55. The third-order valence-electron chi connectivity index (χ3n) is 4.61. The van der Waals surface area contributed by atoms with Gasteiger partial charge in [-0.05, 0) is 74.9 Å². The van der Waals surface area contributed by atoms with Crippen molar-refractivity contribution >= 4 is 11.6 Å². The molecule has 3 rings (SSSR count). The molecule has 4 heteroatoms. The number of rotatable bonds is 3. The van der Waals surface area contributed by atoms with E-state index in [1.54, 1.807) is 0 Å². The van der Waals surface area contributed by atoms with Crippen molar-refractivity contribution in [1.82, 2.24) is 4.90 Å². The van der Waals surface area contributed by atoms with Crippen molar-refractivity contribution in [3.05, 3.63) is 29.3 Å². The lowest BCUT2D eigenvalue weighted by atomic mass is 9.99. The van der Waals surface area contributed by atoms with Gasteiger partial charge in [0.15, 0.2) is 5.96 Å². The van der Waals surface area contributed by atoms with Gasteiger partial charge >= 0.3 is 0 Å². The van der Waals surface area contributed by atoms with E-state index in [0.717, 1.165) is 18.8 Å². The van der Waals surface area contributed by atoms with Crippen molar-refractivity contribution in [3.63, 3.8) is 0 Å². The summed E-state index contributed by atoms with van der Waals surface area (Å²) in [4.78, 5) is 6.91. The standard InChI is InChI=1S/C17H26N4/c1-21-9-3-4-13(12-21)11-19-17(18)20-16-8-7-14-5-2-6-15(14)10-16/h7-8,10,13H,2-6,9,11-12H2,1H3,(H3,18,19,20). The molecule has 0 bridgehead atoms. The Morgan fingerprint density at radius 1 is 1.33 bits per heavy atom. The number of aliphatic imine (C=N–C) groups is 1. The van der Waals surface area contributed by atoms with Gasteiger partial charge in [-0.25, -0.2) is 0 Å². The van der Waals surface area contributed by atoms with E-state index in [1.807, 2.05) is 0 Å². The van der Waals surface area contributed by atoms with Crippen LogP contribution in [0.3, 0.4) is 0 Å². The molecule has 0 saturated carbocycles. The molecule has 4 nitrogen and oxygen atoms in total. The van der Waals surface area contributed by atoms with Gasteiger partial charge in [0.2, 0.25) is 0 Å². The highest BCUT2D eigenvalue weighted by atomic mass is 15.1. The summed E-state index contributed by atoms with van der Waals surface area (Å²) in [6.45, 7) is 3.17. The van der Waals surface area contributed by atoms with E-state index in [0.29, 0.717) is 11.9 Å². The molecule has 0 spiro atoms. The number of hydrogen-bond acceptors (Lipinski definition) is 2. The largest absolute Gasteiger partial charge is 0.370 e. The topological polar surface area (TPSA) is 53.6 Å². The molecule has 0 amide bonds. The second kappa shape index (κ2) is 6.48. The number of anilines is 1. The monoisotopic (exact) mass is 286 g/mol. The maximum atomic E-state index is 6.03. The van der Waals surface area contributed by atoms with Crippen LogP contribution in [0.1, 0.15) is 30.4 Å². The number of nitrogens with one attached hydrogen (secondary N) is 1. The number of aryl methyl sites for hydroxylation is 2. The van der Waals surface area contributed by atoms with Crippen molar-refractivity contribution in [1.29, 1.82) is 0 Å². The van der Waals surface area contributed by atoms with Gasteiger partial charge in [0, 0.05) is 18.8 Å². The highest BCUT2D eigenvalue weighted by Crippen LogP contribution is 2.24. The third kappa shape index (κ3) is 3.76. The average Bonchev–Trinajstić information content (AvgIpc) is 2.93. The molecule has 21 heavy (non-hydrogen) atoms. The molecule has 1 aromatic rings. The van der Waals surface area contributed by atoms with Crippen LogP contribution in [0.15, 0.2) is 23.2 Å². The molecule has 0 radical (unpaired) electrons. The van der Waals surface area contributed by atoms with E-state index in [2.05, 4.69) is 40.5 Å². The van der Waals surface area contributed by atoms with Crippen LogP contribution in [0.25, 0.3) is 0 Å². The van der Waals surface area contributed by atoms with Crippen LogP contribution in [0, 0.1) is 5.92 Å². The quantitative estimate of drug-likeness (QED) is 0.662. The normalized spacial score (nSPS) is 23.1. The number of likely N-dealkylation sites (tertiary alicyclic amines) is 1. The highest BCUT2D eigenvalue weighted by molar-refractivity contribution is 5.92. The van der Waals surface area contributed by atoms with Gasteiger partial charge in [-0.1, -0.05) is 6.07 Å². The number of piperidine rings is 1. The molecular formula is C17H26N4. The van der Waals surface area contributed by atoms with Crippen molar-refractivity contribution in [3.8, 4) is 0 Å². The summed E-state index contributed by atoms with van der Waals surface area (Å²) in [6, 6.07) is 6.55. The van der Waals surface area contributed by atoms with Crippen LogP contribution in [-0.2, 0) is 12.8 Å². The molecule has 1 aliphatic carbocycles. The van der Waals surface area contributed by atoms with Gasteiger partial charge < -0.3 is 16.0 Å². The number of nitrogens with zero attached hydrogens (tertiary/aromatic N) is 2. The molecule has 1 atom stereocenters. The molecule has 1 fully saturated rings. The molecule has 1 saturated heterocycles. The van der Waals surface area contributed by atoms with E-state index in [1.165, 1.54) is 49.8 Å². The Labute approximate surface area is 127 Å². The fraction of sp³-hybridized carbons (Fsp3) is 0.588. The predicted octanol–water partition coefficient (Wildman–Crippen LogP) is 2.24. The maximum Gasteiger partial charge on any atom is 0.193 e. The minimum Gasteiger partial charge on any atom is -0.370 e. The Morgan fingerprint density at radius 2 is 2.19 bits per heavy atom. The lowest BCUT2D eigenvalue weighted by Crippen LogP contribution is -2.34. The van der Waals surface area contributed by atoms with E-state index in [9.17, 15) is 0 Å². The van der Waals surface area contributed by atoms with Crippen LogP contribution < -0.4 is 11.1 Å². The lowest BCUT2D eigenvalue weighted by Gasteiger charge is -2.28. The number of nitrogens with two attached hydrogens (primary N) is 1. The summed E-state index contributed by atoms with van der Waals surface area (Å²) in [5.41, 5.74) is 10.0. The summed E-state index contributed by atoms with van der Waals surface area (Å²) in [6.07, 6.45) is 6.22. The van der Waals surface area contributed by atoms with Gasteiger partial charge in [0.05, 0.1) is 0 Å². The van der Waals surface area contributed by atoms with E-state index < -0.39 is 0 Å². The first-order valence-corrected chi connectivity index (χ1v) is 8.08. The van der Waals surface area contributed by atoms with Crippen LogP contribution >= 0.6 is 0 Å². The predicted molar refractivity (Wildman–Crippen MR) is 88.8 cm³/mol. The zero-order valence-corrected chi connectivity index (χ0v) is 12.9. The summed E-state index contributed by atoms with van der Waals surface area (Å²) >= 11 is 0. The number of hydrogen-bond donors (Lipinski definition) is 2. The highest BCUT2D eigenvalue weighted by Gasteiger charge is 2.16. The Bertz CT molecular complexity index is 524. The molecule has 1 heterocycles. The summed E-state index contributed by atoms with van der Waals surface area (Å²) < 4.78 is 0. The molecule has 3 N–H and O–H groups in total. The molecule has 2 aliphatic rings. The first-order valence-electron chi connectivity index (χ1n) is 8.08. The minimum atomic E-state index is 0.543. The zero-order valence-electron chi connectivity index (χ0n) is 12.9. The van der Waals surface area contributed by atoms with Crippen molar-refractivity contribution in [2.75, 3.05) is 32.0 Å². The number of guanidine groups is 1. The van der Waals surface area contributed by atoms with Gasteiger partial charge in [-0.3, -0.25) is 4.99 Å². The lowest BCUT2D eigenvalue weighted by molar-refractivity contribution is 0.214. The number of fused-ring (bicyclic) bond motifs is 1. The fourth-order valence-electron chi connectivity index (χ4n) is 3.49. The second-order valence-electron chi connectivity index (χ2n) is 6.46. The average molecular weight is 286 g/mol. The van der Waals surface area contributed by atoms with Gasteiger partial charge in [-0.15, -0.1) is 0 Å². The maximum absolute atomic E-state index is 6.03. The van der Waals surface area contributed by atoms with E-state index >= 15 is 0 Å². The number of benzene rings is 1. The van der Waals surface area contributed by atoms with Gasteiger partial charge in [0.1, 0.15) is 0 Å². The van der Waals surface area contributed by atoms with Crippen molar-refractivity contribution in [2.24, 2.45) is 16.6 Å². The Hall–Kier alpha value is -1.55. The van der Waals surface area contributed by atoms with Crippen LogP contribution in [0.2, 0.25) is 0 Å².